The van der Waals surface area contributed by atoms with Crippen LogP contribution < -0.4 is 0 Å². The molecule has 98 valence electrons. The first kappa shape index (κ1) is 13.1. The van der Waals surface area contributed by atoms with E-state index in [9.17, 15) is 4.79 Å². The molecule has 1 aromatic carbocycles. The van der Waals surface area contributed by atoms with Crippen molar-refractivity contribution in [3.8, 4) is 0 Å². The Morgan fingerprint density at radius 3 is 2.28 bits per heavy atom. The lowest BCUT2D eigenvalue weighted by Gasteiger charge is -2.28. The van der Waals surface area contributed by atoms with Crippen molar-refractivity contribution in [3.05, 3.63) is 35.9 Å². The summed E-state index contributed by atoms with van der Waals surface area (Å²) < 4.78 is 11.4. The predicted octanol–water partition coefficient (Wildman–Crippen LogP) is 2.93. The number of esters is 1. The molecule has 0 saturated carbocycles. The number of ether oxygens (including phenoxy) is 2. The highest BCUT2D eigenvalue weighted by molar-refractivity contribution is 5.81. The summed E-state index contributed by atoms with van der Waals surface area (Å²) in [5.41, 5.74) is 0.186. The first-order chi connectivity index (χ1) is 8.36. The predicted molar refractivity (Wildman–Crippen MR) is 69.0 cm³/mol. The lowest BCUT2D eigenvalue weighted by molar-refractivity contribution is -0.199. The van der Waals surface area contributed by atoms with Gasteiger partial charge in [0.2, 0.25) is 5.79 Å². The van der Waals surface area contributed by atoms with Crippen molar-refractivity contribution in [2.24, 2.45) is 5.92 Å². The Bertz CT molecular complexity index is 440. The van der Waals surface area contributed by atoms with E-state index < -0.39 is 11.4 Å². The maximum absolute atomic E-state index is 12.1. The zero-order valence-corrected chi connectivity index (χ0v) is 11.4. The van der Waals surface area contributed by atoms with Crippen LogP contribution in [0.15, 0.2) is 30.3 Å². The Morgan fingerprint density at radius 2 is 1.78 bits per heavy atom. The highest BCUT2D eigenvalue weighted by atomic mass is 16.8. The normalized spacial score (nSPS) is 31.7. The van der Waals surface area contributed by atoms with Crippen molar-refractivity contribution in [1.82, 2.24) is 0 Å². The smallest absolute Gasteiger partial charge is 0.341 e. The third-order valence-electron chi connectivity index (χ3n) is 3.59. The van der Waals surface area contributed by atoms with Gasteiger partial charge in [-0.2, -0.15) is 0 Å². The van der Waals surface area contributed by atoms with Crippen molar-refractivity contribution in [2.45, 2.75) is 45.5 Å². The van der Waals surface area contributed by atoms with E-state index in [1.807, 2.05) is 51.1 Å². The molecule has 1 heterocycles. The highest BCUT2D eigenvalue weighted by Crippen LogP contribution is 2.38. The molecule has 2 rings (SSSR count). The number of benzene rings is 1. The summed E-state index contributed by atoms with van der Waals surface area (Å²) in [6.45, 7) is 7.60. The van der Waals surface area contributed by atoms with E-state index in [1.165, 1.54) is 0 Å². The fourth-order valence-electron chi connectivity index (χ4n) is 2.13. The van der Waals surface area contributed by atoms with E-state index in [2.05, 4.69) is 0 Å². The second kappa shape index (κ2) is 4.39. The van der Waals surface area contributed by atoms with E-state index in [1.54, 1.807) is 6.92 Å². The first-order valence-corrected chi connectivity index (χ1v) is 6.33. The van der Waals surface area contributed by atoms with Gasteiger partial charge in [-0.1, -0.05) is 44.2 Å². The monoisotopic (exact) mass is 248 g/mol. The van der Waals surface area contributed by atoms with Crippen molar-refractivity contribution < 1.29 is 14.3 Å². The van der Waals surface area contributed by atoms with Crippen LogP contribution in [-0.2, 0) is 20.7 Å². The summed E-state index contributed by atoms with van der Waals surface area (Å²) in [5, 5.41) is 0. The molecule has 1 aliphatic rings. The molecule has 0 N–H and O–H groups in total. The second-order valence-electron chi connectivity index (χ2n) is 5.56. The molecule has 1 aromatic rings. The van der Waals surface area contributed by atoms with Crippen molar-refractivity contribution in [3.63, 3.8) is 0 Å². The van der Waals surface area contributed by atoms with Crippen LogP contribution in [0.2, 0.25) is 0 Å². The number of rotatable bonds is 3. The maximum atomic E-state index is 12.1. The Labute approximate surface area is 108 Å². The molecule has 2 atom stereocenters. The van der Waals surface area contributed by atoms with Crippen LogP contribution in [0.4, 0.5) is 0 Å². The zero-order chi connectivity index (χ0) is 13.4. The average Bonchev–Trinajstić information content (AvgIpc) is 2.52. The molecule has 3 heteroatoms. The summed E-state index contributed by atoms with van der Waals surface area (Å²) >= 11 is 0. The summed E-state index contributed by atoms with van der Waals surface area (Å²) in [6.07, 6.45) is 0.537. The van der Waals surface area contributed by atoms with E-state index in [0.29, 0.717) is 6.42 Å². The molecule has 0 spiro atoms. The highest BCUT2D eigenvalue weighted by Gasteiger charge is 2.54. The minimum atomic E-state index is -0.889. The summed E-state index contributed by atoms with van der Waals surface area (Å²) in [5.74, 6) is -0.970. The van der Waals surface area contributed by atoms with E-state index in [0.717, 1.165) is 5.56 Å². The van der Waals surface area contributed by atoms with E-state index in [-0.39, 0.29) is 11.9 Å². The largest absolute Gasteiger partial charge is 0.431 e. The van der Waals surface area contributed by atoms with Crippen molar-refractivity contribution >= 4 is 5.97 Å². The van der Waals surface area contributed by atoms with Crippen LogP contribution in [0, 0.1) is 5.92 Å². The number of cyclic esters (lactones) is 1. The van der Waals surface area contributed by atoms with Crippen LogP contribution in [0.25, 0.3) is 0 Å². The lowest BCUT2D eigenvalue weighted by Crippen LogP contribution is -2.38. The average molecular weight is 248 g/mol. The van der Waals surface area contributed by atoms with Gasteiger partial charge in [0, 0.05) is 19.3 Å². The number of carbonyl (C=O) groups excluding carboxylic acids is 1. The van der Waals surface area contributed by atoms with E-state index in [4.69, 9.17) is 9.47 Å². The Morgan fingerprint density at radius 1 is 1.17 bits per heavy atom. The fraction of sp³-hybridized carbons (Fsp3) is 0.533. The summed E-state index contributed by atoms with van der Waals surface area (Å²) in [6, 6.07) is 9.86. The molecule has 18 heavy (non-hydrogen) atoms. The standard InChI is InChI=1S/C15H20O3/c1-11(2)15(4)17-13(16)14(3,18-15)10-12-8-6-5-7-9-12/h5-9,11H,10H2,1-4H3. The van der Waals surface area contributed by atoms with Crippen LogP contribution in [-0.4, -0.2) is 17.4 Å². The van der Waals surface area contributed by atoms with Crippen LogP contribution >= 0.6 is 0 Å². The molecular formula is C15H20O3. The number of carbonyl (C=O) groups is 1. The lowest BCUT2D eigenvalue weighted by atomic mass is 9.96. The zero-order valence-electron chi connectivity index (χ0n) is 11.4. The molecule has 1 aliphatic heterocycles. The third kappa shape index (κ3) is 2.27. The maximum Gasteiger partial charge on any atom is 0.341 e. The van der Waals surface area contributed by atoms with Gasteiger partial charge in [0.1, 0.15) is 0 Å². The molecule has 1 fully saturated rings. The SMILES string of the molecule is CC(C)C1(C)OC(=O)C(C)(Cc2ccccc2)O1. The van der Waals surface area contributed by atoms with Gasteiger partial charge in [-0.05, 0) is 12.5 Å². The quantitative estimate of drug-likeness (QED) is 0.771. The van der Waals surface area contributed by atoms with Crippen LogP contribution in [0.5, 0.6) is 0 Å². The molecule has 1 saturated heterocycles. The Hall–Kier alpha value is -1.35. The van der Waals surface area contributed by atoms with Crippen LogP contribution in [0.3, 0.4) is 0 Å². The minimum Gasteiger partial charge on any atom is -0.431 e. The Balaban J connectivity index is 2.20. The topological polar surface area (TPSA) is 35.5 Å². The molecule has 3 nitrogen and oxygen atoms in total. The molecular weight excluding hydrogens is 228 g/mol. The molecule has 2 unspecified atom stereocenters. The van der Waals surface area contributed by atoms with Crippen molar-refractivity contribution in [2.75, 3.05) is 0 Å². The van der Waals surface area contributed by atoms with Gasteiger partial charge in [0.25, 0.3) is 0 Å². The molecule has 0 aliphatic carbocycles. The van der Waals surface area contributed by atoms with Crippen LogP contribution in [0.1, 0.15) is 33.3 Å². The second-order valence-corrected chi connectivity index (χ2v) is 5.56. The van der Waals surface area contributed by atoms with Gasteiger partial charge in [-0.25, -0.2) is 4.79 Å². The first-order valence-electron chi connectivity index (χ1n) is 6.33. The number of hydrogen-bond acceptors (Lipinski definition) is 3. The van der Waals surface area contributed by atoms with Crippen molar-refractivity contribution in [1.29, 1.82) is 0 Å². The summed E-state index contributed by atoms with van der Waals surface area (Å²) in [7, 11) is 0. The van der Waals surface area contributed by atoms with Gasteiger partial charge in [-0.15, -0.1) is 0 Å². The molecule has 0 bridgehead atoms. The summed E-state index contributed by atoms with van der Waals surface area (Å²) in [4.78, 5) is 12.1. The van der Waals surface area contributed by atoms with E-state index >= 15 is 0 Å². The molecule has 0 aromatic heterocycles. The van der Waals surface area contributed by atoms with Gasteiger partial charge < -0.3 is 9.47 Å². The third-order valence-corrected chi connectivity index (χ3v) is 3.59. The number of hydrogen-bond donors (Lipinski definition) is 0. The molecule has 0 amide bonds. The van der Waals surface area contributed by atoms with Gasteiger partial charge in [0.15, 0.2) is 5.60 Å². The molecule has 0 radical (unpaired) electrons. The van der Waals surface area contributed by atoms with Gasteiger partial charge >= 0.3 is 5.97 Å². The minimum absolute atomic E-state index is 0.124. The Kier molecular flexibility index (Phi) is 3.20. The fourth-order valence-corrected chi connectivity index (χ4v) is 2.13. The van der Waals surface area contributed by atoms with Gasteiger partial charge in [-0.3, -0.25) is 0 Å². The van der Waals surface area contributed by atoms with Gasteiger partial charge in [0.05, 0.1) is 0 Å².